The number of alkyl halides is 3. The van der Waals surface area contributed by atoms with E-state index < -0.39 is 12.7 Å². The van der Waals surface area contributed by atoms with Crippen LogP contribution in [0.3, 0.4) is 0 Å². The Morgan fingerprint density at radius 3 is 2.73 bits per heavy atom. The minimum atomic E-state index is -4.23. The molecular weight excluding hydrogens is 205 g/mol. The van der Waals surface area contributed by atoms with Crippen molar-refractivity contribution >= 4 is 11.4 Å². The average molecular weight is 214 g/mol. The zero-order valence-corrected chi connectivity index (χ0v) is 7.80. The second-order valence-electron chi connectivity index (χ2n) is 3.28. The number of fused-ring (bicyclic) bond motifs is 1. The molecule has 2 nitrogen and oxygen atoms in total. The highest BCUT2D eigenvalue weighted by Gasteiger charge is 2.27. The molecule has 0 atom stereocenters. The highest BCUT2D eigenvalue weighted by molar-refractivity contribution is 6.11. The molecule has 0 saturated heterocycles. The predicted molar refractivity (Wildman–Crippen MR) is 52.4 cm³/mol. The third-order valence-corrected chi connectivity index (χ3v) is 2.13. The molecular formula is C10H9F3N2. The lowest BCUT2D eigenvalue weighted by molar-refractivity contribution is -0.118. The van der Waals surface area contributed by atoms with E-state index in [2.05, 4.69) is 10.3 Å². The zero-order valence-electron chi connectivity index (χ0n) is 7.80. The Morgan fingerprint density at radius 1 is 1.27 bits per heavy atom. The van der Waals surface area contributed by atoms with Crippen molar-refractivity contribution in [1.82, 2.24) is 0 Å². The maximum Gasteiger partial charge on any atom is 0.407 e. The van der Waals surface area contributed by atoms with Gasteiger partial charge in [-0.1, -0.05) is 18.2 Å². The Hall–Kier alpha value is -1.52. The van der Waals surface area contributed by atoms with Gasteiger partial charge in [-0.25, -0.2) is 0 Å². The molecule has 0 bridgehead atoms. The predicted octanol–water partition coefficient (Wildman–Crippen LogP) is 2.46. The number of rotatable bonds is 1. The fourth-order valence-electron chi connectivity index (χ4n) is 1.49. The monoisotopic (exact) mass is 214 g/mol. The van der Waals surface area contributed by atoms with E-state index >= 15 is 0 Å². The Kier molecular flexibility index (Phi) is 2.38. The molecule has 1 aromatic rings. The van der Waals surface area contributed by atoms with Gasteiger partial charge < -0.3 is 5.32 Å². The third kappa shape index (κ3) is 2.29. The van der Waals surface area contributed by atoms with E-state index in [1.54, 1.807) is 12.1 Å². The van der Waals surface area contributed by atoms with Crippen LogP contribution in [0, 0.1) is 0 Å². The SMILES string of the molecule is FC(F)(F)CN=C1CNc2ccccc21. The van der Waals surface area contributed by atoms with Crippen molar-refractivity contribution in [2.75, 3.05) is 18.4 Å². The van der Waals surface area contributed by atoms with Crippen LogP contribution < -0.4 is 5.32 Å². The largest absolute Gasteiger partial charge is 0.407 e. The minimum absolute atomic E-state index is 0.370. The first-order valence-corrected chi connectivity index (χ1v) is 4.49. The fraction of sp³-hybridized carbons (Fsp3) is 0.300. The molecule has 2 rings (SSSR count). The molecule has 1 heterocycles. The van der Waals surface area contributed by atoms with Gasteiger partial charge in [-0.3, -0.25) is 4.99 Å². The summed E-state index contributed by atoms with van der Waals surface area (Å²) in [6, 6.07) is 7.21. The van der Waals surface area contributed by atoms with Crippen LogP contribution in [0.15, 0.2) is 29.3 Å². The van der Waals surface area contributed by atoms with Crippen LogP contribution in [0.1, 0.15) is 5.56 Å². The summed E-state index contributed by atoms with van der Waals surface area (Å²) in [6.07, 6.45) is -4.23. The smallest absolute Gasteiger partial charge is 0.379 e. The van der Waals surface area contributed by atoms with E-state index in [-0.39, 0.29) is 0 Å². The molecule has 1 N–H and O–H groups in total. The molecule has 0 unspecified atom stereocenters. The number of halogens is 3. The van der Waals surface area contributed by atoms with E-state index in [0.29, 0.717) is 12.3 Å². The van der Waals surface area contributed by atoms with Crippen LogP contribution in [0.4, 0.5) is 18.9 Å². The van der Waals surface area contributed by atoms with Crippen molar-refractivity contribution in [2.45, 2.75) is 6.18 Å². The summed E-state index contributed by atoms with van der Waals surface area (Å²) in [5, 5.41) is 2.99. The molecule has 5 heteroatoms. The van der Waals surface area contributed by atoms with Gasteiger partial charge in [0.25, 0.3) is 0 Å². The topological polar surface area (TPSA) is 24.4 Å². The Labute approximate surface area is 84.8 Å². The second kappa shape index (κ2) is 3.56. The van der Waals surface area contributed by atoms with E-state index in [1.165, 1.54) is 0 Å². The lowest BCUT2D eigenvalue weighted by atomic mass is 10.1. The number of anilines is 1. The summed E-state index contributed by atoms with van der Waals surface area (Å²) in [7, 11) is 0. The van der Waals surface area contributed by atoms with Gasteiger partial charge in [-0.05, 0) is 6.07 Å². The molecule has 1 aliphatic rings. The summed E-state index contributed by atoms with van der Waals surface area (Å²) in [5.41, 5.74) is 2.09. The molecule has 0 aromatic heterocycles. The van der Waals surface area contributed by atoms with Gasteiger partial charge in [0, 0.05) is 11.3 Å². The third-order valence-electron chi connectivity index (χ3n) is 2.13. The van der Waals surface area contributed by atoms with Gasteiger partial charge in [-0.15, -0.1) is 0 Å². The summed E-state index contributed by atoms with van der Waals surface area (Å²) in [5.74, 6) is 0. The molecule has 1 aliphatic heterocycles. The summed E-state index contributed by atoms with van der Waals surface area (Å²) >= 11 is 0. The molecule has 0 spiro atoms. The van der Waals surface area contributed by atoms with Gasteiger partial charge in [0.05, 0.1) is 12.3 Å². The number of hydrogen-bond acceptors (Lipinski definition) is 2. The number of para-hydroxylation sites is 1. The van der Waals surface area contributed by atoms with Crippen molar-refractivity contribution < 1.29 is 13.2 Å². The highest BCUT2D eigenvalue weighted by atomic mass is 19.4. The molecule has 0 aliphatic carbocycles. The molecule has 0 amide bonds. The van der Waals surface area contributed by atoms with Crippen molar-refractivity contribution in [3.63, 3.8) is 0 Å². The number of hydrogen-bond donors (Lipinski definition) is 1. The van der Waals surface area contributed by atoms with Crippen molar-refractivity contribution in [3.8, 4) is 0 Å². The Morgan fingerprint density at radius 2 is 2.00 bits per heavy atom. The lowest BCUT2D eigenvalue weighted by Gasteiger charge is -2.02. The minimum Gasteiger partial charge on any atom is -0.379 e. The van der Waals surface area contributed by atoms with Crippen LogP contribution in [0.25, 0.3) is 0 Å². The molecule has 0 radical (unpaired) electrons. The normalized spacial score (nSPS) is 17.7. The van der Waals surface area contributed by atoms with Gasteiger partial charge in [0.1, 0.15) is 6.54 Å². The van der Waals surface area contributed by atoms with E-state index in [0.717, 1.165) is 11.3 Å². The van der Waals surface area contributed by atoms with Crippen molar-refractivity contribution in [3.05, 3.63) is 29.8 Å². The molecule has 0 saturated carbocycles. The lowest BCUT2D eigenvalue weighted by Crippen LogP contribution is -2.15. The number of nitrogens with zero attached hydrogens (tertiary/aromatic N) is 1. The van der Waals surface area contributed by atoms with Crippen LogP contribution in [0.2, 0.25) is 0 Å². The van der Waals surface area contributed by atoms with Gasteiger partial charge in [0.2, 0.25) is 0 Å². The van der Waals surface area contributed by atoms with E-state index in [4.69, 9.17) is 0 Å². The molecule has 0 fully saturated rings. The first-order chi connectivity index (χ1) is 7.06. The molecule has 15 heavy (non-hydrogen) atoms. The first-order valence-electron chi connectivity index (χ1n) is 4.49. The summed E-state index contributed by atoms with van der Waals surface area (Å²) < 4.78 is 35.9. The number of benzene rings is 1. The maximum atomic E-state index is 12.0. The van der Waals surface area contributed by atoms with Crippen molar-refractivity contribution in [2.24, 2.45) is 4.99 Å². The summed E-state index contributed by atoms with van der Waals surface area (Å²) in [4.78, 5) is 3.56. The van der Waals surface area contributed by atoms with Crippen molar-refractivity contribution in [1.29, 1.82) is 0 Å². The van der Waals surface area contributed by atoms with Crippen LogP contribution >= 0.6 is 0 Å². The van der Waals surface area contributed by atoms with Gasteiger partial charge >= 0.3 is 6.18 Å². The van der Waals surface area contributed by atoms with Gasteiger partial charge in [0.15, 0.2) is 0 Å². The zero-order chi connectivity index (χ0) is 10.9. The van der Waals surface area contributed by atoms with E-state index in [9.17, 15) is 13.2 Å². The fourth-order valence-corrected chi connectivity index (χ4v) is 1.49. The number of nitrogens with one attached hydrogen (secondary N) is 1. The number of aliphatic imine (C=N–C) groups is 1. The van der Waals surface area contributed by atoms with Crippen LogP contribution in [0.5, 0.6) is 0 Å². The second-order valence-corrected chi connectivity index (χ2v) is 3.28. The maximum absolute atomic E-state index is 12.0. The molecule has 80 valence electrons. The van der Waals surface area contributed by atoms with Crippen LogP contribution in [-0.2, 0) is 0 Å². The highest BCUT2D eigenvalue weighted by Crippen LogP contribution is 2.23. The average Bonchev–Trinajstić information content (AvgIpc) is 2.57. The van der Waals surface area contributed by atoms with Gasteiger partial charge in [-0.2, -0.15) is 13.2 Å². The van der Waals surface area contributed by atoms with Crippen LogP contribution in [-0.4, -0.2) is 25.0 Å². The Balaban J connectivity index is 2.21. The quantitative estimate of drug-likeness (QED) is 0.763. The summed E-state index contributed by atoms with van der Waals surface area (Å²) in [6.45, 7) is -0.742. The van der Waals surface area contributed by atoms with E-state index in [1.807, 2.05) is 12.1 Å². The standard InChI is InChI=1S/C10H9F3N2/c11-10(12,13)6-15-9-5-14-8-4-2-1-3-7(8)9/h1-4,14H,5-6H2. The molecule has 1 aromatic carbocycles. The Bertz CT molecular complexity index is 396. The first kappa shape index (κ1) is 10.0.